The van der Waals surface area contributed by atoms with Crippen LogP contribution in [0.2, 0.25) is 0 Å². The molecule has 0 spiro atoms. The fraction of sp³-hybridized carbons (Fsp3) is 0.632. The molecule has 0 unspecified atom stereocenters. The highest BCUT2D eigenvalue weighted by molar-refractivity contribution is 7.89. The summed E-state index contributed by atoms with van der Waals surface area (Å²) in [7, 11) is -3.46. The lowest BCUT2D eigenvalue weighted by molar-refractivity contribution is -0.131. The smallest absolute Gasteiger partial charge is 0.243 e. The summed E-state index contributed by atoms with van der Waals surface area (Å²) >= 11 is 0. The summed E-state index contributed by atoms with van der Waals surface area (Å²) in [5, 5.41) is 0. The van der Waals surface area contributed by atoms with Gasteiger partial charge in [-0.3, -0.25) is 9.69 Å². The van der Waals surface area contributed by atoms with Crippen LogP contribution in [-0.4, -0.2) is 74.2 Å². The Morgan fingerprint density at radius 1 is 0.962 bits per heavy atom. The van der Waals surface area contributed by atoms with Crippen LogP contribution < -0.4 is 0 Å². The van der Waals surface area contributed by atoms with Crippen molar-refractivity contribution in [3.05, 3.63) is 29.8 Å². The number of benzene rings is 1. The molecule has 0 aromatic heterocycles. The summed E-state index contributed by atoms with van der Waals surface area (Å²) in [6.45, 7) is 8.36. The van der Waals surface area contributed by atoms with Gasteiger partial charge in [0, 0.05) is 39.3 Å². The number of amides is 1. The second kappa shape index (κ2) is 8.06. The Hall–Kier alpha value is -1.44. The fourth-order valence-corrected chi connectivity index (χ4v) is 4.98. The number of likely N-dealkylation sites (tertiary alicyclic amines) is 1. The van der Waals surface area contributed by atoms with Gasteiger partial charge in [-0.15, -0.1) is 0 Å². The van der Waals surface area contributed by atoms with E-state index in [0.717, 1.165) is 31.5 Å². The molecule has 1 aromatic carbocycles. The molecule has 26 heavy (non-hydrogen) atoms. The van der Waals surface area contributed by atoms with Gasteiger partial charge in [-0.05, 0) is 36.5 Å². The maximum atomic E-state index is 12.8. The van der Waals surface area contributed by atoms with Gasteiger partial charge in [-0.2, -0.15) is 4.31 Å². The Labute approximate surface area is 156 Å². The maximum Gasteiger partial charge on any atom is 0.243 e. The summed E-state index contributed by atoms with van der Waals surface area (Å²) in [4.78, 5) is 16.6. The Morgan fingerprint density at radius 3 is 2.08 bits per heavy atom. The Balaban J connectivity index is 1.57. The van der Waals surface area contributed by atoms with Crippen molar-refractivity contribution in [3.63, 3.8) is 0 Å². The molecule has 1 amide bonds. The number of carbonyl (C=O) groups excluding carboxylic acids is 1. The molecule has 7 heteroatoms. The minimum atomic E-state index is -3.46. The molecule has 1 aromatic rings. The van der Waals surface area contributed by atoms with Crippen LogP contribution >= 0.6 is 0 Å². The summed E-state index contributed by atoms with van der Waals surface area (Å²) in [6.07, 6.45) is 2.18. The Kier molecular flexibility index (Phi) is 5.99. The second-order valence-electron chi connectivity index (χ2n) is 7.49. The predicted octanol–water partition coefficient (Wildman–Crippen LogP) is 1.74. The quantitative estimate of drug-likeness (QED) is 0.782. The topological polar surface area (TPSA) is 60.9 Å². The SMILES string of the molecule is CC(C)c1ccc(S(=O)(=O)N2CCN(CC(=O)N3CCCC3)CC2)cc1. The van der Waals surface area contributed by atoms with Gasteiger partial charge in [-0.25, -0.2) is 8.42 Å². The first kappa shape index (κ1) is 19.3. The molecule has 0 atom stereocenters. The van der Waals surface area contributed by atoms with Gasteiger partial charge in [0.25, 0.3) is 0 Å². The molecule has 2 saturated heterocycles. The van der Waals surface area contributed by atoms with Gasteiger partial charge in [0.15, 0.2) is 0 Å². The van der Waals surface area contributed by atoms with E-state index in [1.165, 1.54) is 4.31 Å². The predicted molar refractivity (Wildman–Crippen MR) is 102 cm³/mol. The molecular weight excluding hydrogens is 350 g/mol. The average molecular weight is 380 g/mol. The van der Waals surface area contributed by atoms with E-state index in [9.17, 15) is 13.2 Å². The van der Waals surface area contributed by atoms with E-state index < -0.39 is 10.0 Å². The van der Waals surface area contributed by atoms with Crippen LogP contribution in [0.3, 0.4) is 0 Å². The standard InChI is InChI=1S/C19H29N3O3S/c1-16(2)17-5-7-18(8-6-17)26(24,25)22-13-11-20(12-14-22)15-19(23)21-9-3-4-10-21/h5-8,16H,3-4,9-15H2,1-2H3. The lowest BCUT2D eigenvalue weighted by atomic mass is 10.0. The van der Waals surface area contributed by atoms with E-state index in [0.29, 0.717) is 43.5 Å². The normalized spacial score (nSPS) is 20.0. The summed E-state index contributed by atoms with van der Waals surface area (Å²) in [6, 6.07) is 7.19. The first-order valence-corrected chi connectivity index (χ1v) is 10.9. The van der Waals surface area contributed by atoms with Crippen molar-refractivity contribution < 1.29 is 13.2 Å². The fourth-order valence-electron chi connectivity index (χ4n) is 3.56. The van der Waals surface area contributed by atoms with Crippen molar-refractivity contribution in [2.75, 3.05) is 45.8 Å². The number of piperazine rings is 1. The van der Waals surface area contributed by atoms with Crippen LogP contribution in [-0.2, 0) is 14.8 Å². The lowest BCUT2D eigenvalue weighted by Gasteiger charge is -2.34. The lowest BCUT2D eigenvalue weighted by Crippen LogP contribution is -2.51. The van der Waals surface area contributed by atoms with Crippen LogP contribution in [0.4, 0.5) is 0 Å². The molecule has 0 radical (unpaired) electrons. The number of rotatable bonds is 5. The third-order valence-corrected chi connectivity index (χ3v) is 7.25. The van der Waals surface area contributed by atoms with Gasteiger partial charge in [0.2, 0.25) is 15.9 Å². The number of carbonyl (C=O) groups is 1. The van der Waals surface area contributed by atoms with Crippen molar-refractivity contribution in [1.82, 2.24) is 14.1 Å². The average Bonchev–Trinajstić information content (AvgIpc) is 3.17. The van der Waals surface area contributed by atoms with Gasteiger partial charge in [-0.1, -0.05) is 26.0 Å². The minimum absolute atomic E-state index is 0.170. The third kappa shape index (κ3) is 4.27. The molecule has 144 valence electrons. The zero-order chi connectivity index (χ0) is 18.7. The van der Waals surface area contributed by atoms with Crippen molar-refractivity contribution in [1.29, 1.82) is 0 Å². The Bertz CT molecular complexity index is 717. The van der Waals surface area contributed by atoms with Crippen LogP contribution in [0, 0.1) is 0 Å². The largest absolute Gasteiger partial charge is 0.342 e. The van der Waals surface area contributed by atoms with Crippen molar-refractivity contribution >= 4 is 15.9 Å². The van der Waals surface area contributed by atoms with E-state index in [1.54, 1.807) is 12.1 Å². The maximum absolute atomic E-state index is 12.8. The number of sulfonamides is 1. The van der Waals surface area contributed by atoms with Crippen molar-refractivity contribution in [2.45, 2.75) is 37.5 Å². The van der Waals surface area contributed by atoms with Gasteiger partial charge >= 0.3 is 0 Å². The second-order valence-corrected chi connectivity index (χ2v) is 9.43. The minimum Gasteiger partial charge on any atom is -0.342 e. The van der Waals surface area contributed by atoms with E-state index >= 15 is 0 Å². The first-order chi connectivity index (χ1) is 12.4. The van der Waals surface area contributed by atoms with Crippen LogP contribution in [0.1, 0.15) is 38.2 Å². The summed E-state index contributed by atoms with van der Waals surface area (Å²) < 4.78 is 27.2. The van der Waals surface area contributed by atoms with E-state index in [1.807, 2.05) is 17.0 Å². The van der Waals surface area contributed by atoms with Crippen LogP contribution in [0.25, 0.3) is 0 Å². The molecule has 0 N–H and O–H groups in total. The zero-order valence-electron chi connectivity index (χ0n) is 15.7. The summed E-state index contributed by atoms with van der Waals surface area (Å²) in [5.74, 6) is 0.548. The highest BCUT2D eigenvalue weighted by Crippen LogP contribution is 2.21. The van der Waals surface area contributed by atoms with Gasteiger partial charge in [0.1, 0.15) is 0 Å². The molecule has 0 aliphatic carbocycles. The highest BCUT2D eigenvalue weighted by Gasteiger charge is 2.30. The molecule has 6 nitrogen and oxygen atoms in total. The Morgan fingerprint density at radius 2 is 1.54 bits per heavy atom. The molecule has 0 saturated carbocycles. The monoisotopic (exact) mass is 379 g/mol. The van der Waals surface area contributed by atoms with Crippen molar-refractivity contribution in [3.8, 4) is 0 Å². The first-order valence-electron chi connectivity index (χ1n) is 9.48. The molecule has 0 bridgehead atoms. The number of hydrogen-bond donors (Lipinski definition) is 0. The number of hydrogen-bond acceptors (Lipinski definition) is 4. The van der Waals surface area contributed by atoms with Gasteiger partial charge in [0.05, 0.1) is 11.4 Å². The highest BCUT2D eigenvalue weighted by atomic mass is 32.2. The van der Waals surface area contributed by atoms with Crippen LogP contribution in [0.5, 0.6) is 0 Å². The molecule has 2 aliphatic heterocycles. The van der Waals surface area contributed by atoms with E-state index in [2.05, 4.69) is 18.7 Å². The van der Waals surface area contributed by atoms with E-state index in [4.69, 9.17) is 0 Å². The van der Waals surface area contributed by atoms with Crippen LogP contribution in [0.15, 0.2) is 29.2 Å². The number of nitrogens with zero attached hydrogens (tertiary/aromatic N) is 3. The summed E-state index contributed by atoms with van der Waals surface area (Å²) in [5.41, 5.74) is 1.13. The molecule has 2 heterocycles. The molecule has 3 rings (SSSR count). The molecule has 2 aliphatic rings. The molecular formula is C19H29N3O3S. The van der Waals surface area contributed by atoms with Crippen molar-refractivity contribution in [2.24, 2.45) is 0 Å². The molecule has 2 fully saturated rings. The van der Waals surface area contributed by atoms with Gasteiger partial charge < -0.3 is 4.90 Å². The zero-order valence-corrected chi connectivity index (χ0v) is 16.5. The third-order valence-electron chi connectivity index (χ3n) is 5.33. The van der Waals surface area contributed by atoms with E-state index in [-0.39, 0.29) is 5.91 Å².